The Bertz CT molecular complexity index is 427. The van der Waals surface area contributed by atoms with Gasteiger partial charge in [0, 0.05) is 34.2 Å². The largest absolute Gasteiger partial charge is 0.355 e. The van der Waals surface area contributed by atoms with Crippen LogP contribution in [0.25, 0.3) is 0 Å². The highest BCUT2D eigenvalue weighted by molar-refractivity contribution is 5.79. The van der Waals surface area contributed by atoms with Crippen molar-refractivity contribution in [2.75, 3.05) is 40.8 Å². The second-order valence-electron chi connectivity index (χ2n) is 5.29. The van der Waals surface area contributed by atoms with Crippen LogP contribution in [0.15, 0.2) is 11.3 Å². The molecule has 1 heterocycles. The minimum Gasteiger partial charge on any atom is -0.355 e. The molecule has 0 fully saturated rings. The molecule has 1 aromatic rings. The number of guanidine groups is 1. The SMILES string of the molecule is CCCCN(C)CCNC(=NC)N(C)Cc1ncnn1C. The van der Waals surface area contributed by atoms with Crippen molar-refractivity contribution in [3.8, 4) is 0 Å². The van der Waals surface area contributed by atoms with Crippen LogP contribution in [-0.4, -0.2) is 71.3 Å². The van der Waals surface area contributed by atoms with Crippen LogP contribution >= 0.6 is 0 Å². The first-order valence-electron chi connectivity index (χ1n) is 7.51. The average Bonchev–Trinajstić information content (AvgIpc) is 2.86. The minimum absolute atomic E-state index is 0.682. The maximum atomic E-state index is 4.31. The summed E-state index contributed by atoms with van der Waals surface area (Å²) in [6.07, 6.45) is 4.05. The summed E-state index contributed by atoms with van der Waals surface area (Å²) >= 11 is 0. The second-order valence-corrected chi connectivity index (χ2v) is 5.29. The first-order valence-corrected chi connectivity index (χ1v) is 7.51. The van der Waals surface area contributed by atoms with Gasteiger partial charge >= 0.3 is 0 Å². The number of rotatable bonds is 8. The molecule has 0 atom stereocenters. The van der Waals surface area contributed by atoms with Gasteiger partial charge in [0.1, 0.15) is 12.2 Å². The fourth-order valence-corrected chi connectivity index (χ4v) is 2.03. The Morgan fingerprint density at radius 3 is 2.71 bits per heavy atom. The Morgan fingerprint density at radius 1 is 1.38 bits per heavy atom. The smallest absolute Gasteiger partial charge is 0.193 e. The summed E-state index contributed by atoms with van der Waals surface area (Å²) in [5.74, 6) is 1.79. The van der Waals surface area contributed by atoms with E-state index in [0.717, 1.165) is 31.4 Å². The van der Waals surface area contributed by atoms with Crippen LogP contribution in [0.2, 0.25) is 0 Å². The van der Waals surface area contributed by atoms with Gasteiger partial charge in [0.15, 0.2) is 5.96 Å². The first kappa shape index (κ1) is 17.4. The molecule has 7 heteroatoms. The van der Waals surface area contributed by atoms with Crippen molar-refractivity contribution in [2.45, 2.75) is 26.3 Å². The molecule has 0 aliphatic carbocycles. The summed E-state index contributed by atoms with van der Waals surface area (Å²) in [5.41, 5.74) is 0. The van der Waals surface area contributed by atoms with Gasteiger partial charge in [-0.1, -0.05) is 13.3 Å². The first-order chi connectivity index (χ1) is 10.1. The quantitative estimate of drug-likeness (QED) is 0.561. The summed E-state index contributed by atoms with van der Waals surface area (Å²) in [6, 6.07) is 0. The number of aromatic nitrogens is 3. The van der Waals surface area contributed by atoms with Gasteiger partial charge in [0.25, 0.3) is 0 Å². The molecule has 0 bridgehead atoms. The molecule has 0 aromatic carbocycles. The number of nitrogens with zero attached hydrogens (tertiary/aromatic N) is 6. The highest BCUT2D eigenvalue weighted by Crippen LogP contribution is 1.97. The molecule has 0 amide bonds. The monoisotopic (exact) mass is 295 g/mol. The van der Waals surface area contributed by atoms with Gasteiger partial charge in [0.2, 0.25) is 0 Å². The lowest BCUT2D eigenvalue weighted by Crippen LogP contribution is -2.42. The normalized spacial score (nSPS) is 12.0. The maximum absolute atomic E-state index is 4.31. The third kappa shape index (κ3) is 6.12. The van der Waals surface area contributed by atoms with Crippen molar-refractivity contribution < 1.29 is 0 Å². The van der Waals surface area contributed by atoms with Gasteiger partial charge in [-0.05, 0) is 20.0 Å². The Balaban J connectivity index is 2.36. The predicted octanol–water partition coefficient (Wildman–Crippen LogP) is 0.554. The summed E-state index contributed by atoms with van der Waals surface area (Å²) in [4.78, 5) is 12.9. The lowest BCUT2D eigenvalue weighted by molar-refractivity contribution is 0.329. The summed E-state index contributed by atoms with van der Waals surface area (Å²) in [7, 11) is 7.86. The average molecular weight is 295 g/mol. The molecule has 1 aromatic heterocycles. The number of aliphatic imine (C=N–C) groups is 1. The van der Waals surface area contributed by atoms with Crippen LogP contribution < -0.4 is 5.32 Å². The van der Waals surface area contributed by atoms with Crippen molar-refractivity contribution in [1.82, 2.24) is 29.9 Å². The van der Waals surface area contributed by atoms with Crippen LogP contribution in [0.1, 0.15) is 25.6 Å². The number of hydrogen-bond donors (Lipinski definition) is 1. The molecule has 0 spiro atoms. The number of hydrogen-bond acceptors (Lipinski definition) is 4. The zero-order chi connectivity index (χ0) is 15.7. The van der Waals surface area contributed by atoms with Gasteiger partial charge in [-0.15, -0.1) is 0 Å². The van der Waals surface area contributed by atoms with E-state index < -0.39 is 0 Å². The number of unbranched alkanes of at least 4 members (excludes halogenated alkanes) is 1. The standard InChI is InChI=1S/C14H29N7/c1-6-7-9-19(3)10-8-16-14(15-2)20(4)11-13-17-12-18-21(13)5/h12H,6-11H2,1-5H3,(H,15,16). The zero-order valence-corrected chi connectivity index (χ0v) is 14.0. The van der Waals surface area contributed by atoms with Gasteiger partial charge in [-0.25, -0.2) is 4.98 Å². The molecule has 0 unspecified atom stereocenters. The van der Waals surface area contributed by atoms with E-state index in [-0.39, 0.29) is 0 Å². The molecule has 1 rings (SSSR count). The zero-order valence-electron chi connectivity index (χ0n) is 14.0. The molecule has 1 N–H and O–H groups in total. The number of aryl methyl sites for hydroxylation is 1. The van der Waals surface area contributed by atoms with Crippen molar-refractivity contribution in [3.05, 3.63) is 12.2 Å². The molecule has 120 valence electrons. The molecule has 0 saturated heterocycles. The van der Waals surface area contributed by atoms with Gasteiger partial charge in [0.05, 0.1) is 6.54 Å². The molecule has 7 nitrogen and oxygen atoms in total. The van der Waals surface area contributed by atoms with Crippen LogP contribution in [0.5, 0.6) is 0 Å². The highest BCUT2D eigenvalue weighted by atomic mass is 15.4. The van der Waals surface area contributed by atoms with E-state index in [2.05, 4.69) is 44.2 Å². The Kier molecular flexibility index (Phi) is 7.74. The van der Waals surface area contributed by atoms with Gasteiger partial charge in [-0.2, -0.15) is 5.10 Å². The Labute approximate surface area is 128 Å². The fraction of sp³-hybridized carbons (Fsp3) is 0.786. The minimum atomic E-state index is 0.682. The summed E-state index contributed by atoms with van der Waals surface area (Å²) in [5, 5.41) is 7.47. The molecule has 21 heavy (non-hydrogen) atoms. The maximum Gasteiger partial charge on any atom is 0.193 e. The third-order valence-electron chi connectivity index (χ3n) is 3.43. The van der Waals surface area contributed by atoms with Gasteiger partial charge in [-0.3, -0.25) is 9.67 Å². The number of nitrogens with one attached hydrogen (secondary N) is 1. The van der Waals surface area contributed by atoms with Crippen LogP contribution in [0, 0.1) is 0 Å². The van der Waals surface area contributed by atoms with E-state index in [1.165, 1.54) is 12.8 Å². The van der Waals surface area contributed by atoms with Crippen LogP contribution in [0.4, 0.5) is 0 Å². The second kappa shape index (κ2) is 9.33. The molecule has 0 saturated carbocycles. The fourth-order valence-electron chi connectivity index (χ4n) is 2.03. The van der Waals surface area contributed by atoms with Crippen molar-refractivity contribution in [2.24, 2.45) is 12.0 Å². The number of likely N-dealkylation sites (N-methyl/N-ethyl adjacent to an activating group) is 1. The highest BCUT2D eigenvalue weighted by Gasteiger charge is 2.09. The third-order valence-corrected chi connectivity index (χ3v) is 3.43. The van der Waals surface area contributed by atoms with Crippen LogP contribution in [-0.2, 0) is 13.6 Å². The van der Waals surface area contributed by atoms with Crippen LogP contribution in [0.3, 0.4) is 0 Å². The molecule has 0 radical (unpaired) electrons. The van der Waals surface area contributed by atoms with E-state index in [0.29, 0.717) is 6.54 Å². The lowest BCUT2D eigenvalue weighted by atomic mass is 10.3. The van der Waals surface area contributed by atoms with E-state index >= 15 is 0 Å². The van der Waals surface area contributed by atoms with E-state index in [1.54, 1.807) is 18.1 Å². The molecule has 0 aliphatic rings. The van der Waals surface area contributed by atoms with E-state index in [1.807, 2.05) is 14.1 Å². The van der Waals surface area contributed by atoms with E-state index in [4.69, 9.17) is 0 Å². The lowest BCUT2D eigenvalue weighted by Gasteiger charge is -2.23. The Hall–Kier alpha value is -1.63. The van der Waals surface area contributed by atoms with E-state index in [9.17, 15) is 0 Å². The van der Waals surface area contributed by atoms with Crippen molar-refractivity contribution in [1.29, 1.82) is 0 Å². The summed E-state index contributed by atoms with van der Waals surface area (Å²) < 4.78 is 1.78. The predicted molar refractivity (Wildman–Crippen MR) is 86.2 cm³/mol. The Morgan fingerprint density at radius 2 is 2.14 bits per heavy atom. The molecular formula is C14H29N7. The van der Waals surface area contributed by atoms with Gasteiger partial charge < -0.3 is 15.1 Å². The van der Waals surface area contributed by atoms with Crippen molar-refractivity contribution >= 4 is 5.96 Å². The summed E-state index contributed by atoms with van der Waals surface area (Å²) in [6.45, 7) is 5.94. The molecule has 0 aliphatic heterocycles. The molecular weight excluding hydrogens is 266 g/mol. The van der Waals surface area contributed by atoms with Crippen molar-refractivity contribution in [3.63, 3.8) is 0 Å². The topological polar surface area (TPSA) is 61.6 Å².